The van der Waals surface area contributed by atoms with Gasteiger partial charge in [-0.1, -0.05) is 242 Å². The molecule has 406 valence electrons. The second-order valence-electron chi connectivity index (χ2n) is 19.8. The van der Waals surface area contributed by atoms with Crippen LogP contribution in [0.5, 0.6) is 0 Å². The van der Waals surface area contributed by atoms with Crippen molar-refractivity contribution in [3.8, 4) is 0 Å². The zero-order chi connectivity index (χ0) is 51.0. The number of aliphatic hydroxyl groups is 3. The molecular formula is C59H104O11. The number of carbonyl (C=O) groups is 3. The number of rotatable bonds is 49. The van der Waals surface area contributed by atoms with Crippen molar-refractivity contribution >= 4 is 17.9 Å². The van der Waals surface area contributed by atoms with Gasteiger partial charge in [-0.3, -0.25) is 9.59 Å². The van der Waals surface area contributed by atoms with E-state index in [9.17, 15) is 34.8 Å². The lowest BCUT2D eigenvalue weighted by atomic mass is 9.99. The van der Waals surface area contributed by atoms with E-state index in [1.165, 1.54) is 148 Å². The summed E-state index contributed by atoms with van der Waals surface area (Å²) in [7, 11) is 0. The molecule has 1 rings (SSSR count). The fourth-order valence-electron chi connectivity index (χ4n) is 8.76. The molecule has 4 N–H and O–H groups in total. The zero-order valence-corrected chi connectivity index (χ0v) is 44.5. The van der Waals surface area contributed by atoms with Gasteiger partial charge in [0.25, 0.3) is 0 Å². The van der Waals surface area contributed by atoms with Gasteiger partial charge < -0.3 is 39.4 Å². The highest BCUT2D eigenvalue weighted by atomic mass is 16.7. The van der Waals surface area contributed by atoms with Crippen LogP contribution < -0.4 is 0 Å². The van der Waals surface area contributed by atoms with Crippen LogP contribution in [0.4, 0.5) is 0 Å². The average molecular weight is 989 g/mol. The molecule has 11 nitrogen and oxygen atoms in total. The molecule has 6 atom stereocenters. The number of carboxylic acid groups (broad SMARTS) is 1. The van der Waals surface area contributed by atoms with Crippen LogP contribution in [0.1, 0.15) is 258 Å². The Morgan fingerprint density at radius 2 is 0.843 bits per heavy atom. The largest absolute Gasteiger partial charge is 0.479 e. The highest BCUT2D eigenvalue weighted by Gasteiger charge is 2.47. The van der Waals surface area contributed by atoms with E-state index in [1.54, 1.807) is 0 Å². The summed E-state index contributed by atoms with van der Waals surface area (Å²) >= 11 is 0. The summed E-state index contributed by atoms with van der Waals surface area (Å²) in [5.74, 6) is -2.43. The Morgan fingerprint density at radius 3 is 1.27 bits per heavy atom. The number of ether oxygens (including phenoxy) is 4. The number of hydrogen-bond donors (Lipinski definition) is 4. The zero-order valence-electron chi connectivity index (χ0n) is 44.5. The molecular weight excluding hydrogens is 885 g/mol. The predicted molar refractivity (Wildman–Crippen MR) is 284 cm³/mol. The maximum absolute atomic E-state index is 12.9. The smallest absolute Gasteiger partial charge is 0.335 e. The summed E-state index contributed by atoms with van der Waals surface area (Å²) in [4.78, 5) is 37.1. The van der Waals surface area contributed by atoms with E-state index in [1.807, 2.05) is 0 Å². The van der Waals surface area contributed by atoms with Crippen LogP contribution in [0, 0.1) is 0 Å². The fraction of sp³-hybridized carbons (Fsp3) is 0.814. The minimum atomic E-state index is -1.86. The second-order valence-corrected chi connectivity index (χ2v) is 19.8. The number of aliphatic hydroxyl groups excluding tert-OH is 3. The Morgan fingerprint density at radius 1 is 0.457 bits per heavy atom. The molecule has 0 aromatic carbocycles. The van der Waals surface area contributed by atoms with Gasteiger partial charge in [-0.05, 0) is 51.4 Å². The number of aliphatic carboxylic acids is 1. The molecule has 1 heterocycles. The minimum absolute atomic E-state index is 0.185. The number of carboxylic acids is 1. The highest BCUT2D eigenvalue weighted by Crippen LogP contribution is 2.23. The van der Waals surface area contributed by atoms with E-state index in [4.69, 9.17) is 18.9 Å². The van der Waals surface area contributed by atoms with Crippen LogP contribution in [-0.4, -0.2) is 88.4 Å². The van der Waals surface area contributed by atoms with Gasteiger partial charge in [0.2, 0.25) is 0 Å². The number of esters is 2. The van der Waals surface area contributed by atoms with E-state index in [-0.39, 0.29) is 26.1 Å². The first-order valence-electron chi connectivity index (χ1n) is 28.7. The van der Waals surface area contributed by atoms with Gasteiger partial charge >= 0.3 is 17.9 Å². The van der Waals surface area contributed by atoms with Gasteiger partial charge in [-0.25, -0.2) is 4.79 Å². The van der Waals surface area contributed by atoms with E-state index < -0.39 is 54.7 Å². The maximum Gasteiger partial charge on any atom is 0.335 e. The molecule has 0 aromatic heterocycles. The molecule has 0 amide bonds. The third kappa shape index (κ3) is 38.8. The molecule has 1 saturated heterocycles. The van der Waals surface area contributed by atoms with Crippen LogP contribution in [0.3, 0.4) is 0 Å². The molecule has 1 aliphatic heterocycles. The van der Waals surface area contributed by atoms with Gasteiger partial charge in [-0.15, -0.1) is 0 Å². The number of hydrogen-bond acceptors (Lipinski definition) is 10. The lowest BCUT2D eigenvalue weighted by molar-refractivity contribution is -0.298. The Hall–Kier alpha value is -2.83. The standard InChI is InChI=1S/C59H104O11/c1-3-5-7-9-11-13-15-17-19-21-23-25-26-28-29-31-33-35-37-39-41-43-45-47-52(60)67-49-51(50-68-59-56(64)54(62)55(63)57(70-59)58(65)66)69-53(61)48-46-44-42-40-38-36-34-32-30-27-24-22-20-18-16-14-12-10-8-6-4-2/h5,7,11,13,17,19,23,25,51,54-57,59,62-64H,3-4,6,8-10,12,14-16,18,20-22,24,26-50H2,1-2H3,(H,65,66)/b7-5-,13-11-,19-17-,25-23-. The summed E-state index contributed by atoms with van der Waals surface area (Å²) in [6.45, 7) is 3.75. The van der Waals surface area contributed by atoms with Crippen LogP contribution in [0.15, 0.2) is 48.6 Å². The fourth-order valence-corrected chi connectivity index (χ4v) is 8.76. The SMILES string of the molecule is CC/C=C\C/C=C\C/C=C\C/C=C\CCCCCCCCCCCCC(=O)OCC(COC1OC(C(=O)O)C(O)C(O)C1O)OC(=O)CCCCCCCCCCCCCCCCCCCCCCC. The van der Waals surface area contributed by atoms with Crippen molar-refractivity contribution in [2.75, 3.05) is 13.2 Å². The van der Waals surface area contributed by atoms with Gasteiger partial charge in [0.15, 0.2) is 18.5 Å². The molecule has 0 radical (unpaired) electrons. The number of allylic oxidation sites excluding steroid dienone is 8. The van der Waals surface area contributed by atoms with Crippen LogP contribution in [0.2, 0.25) is 0 Å². The van der Waals surface area contributed by atoms with Crippen LogP contribution >= 0.6 is 0 Å². The van der Waals surface area contributed by atoms with Crippen molar-refractivity contribution < 1.29 is 53.8 Å². The third-order valence-corrected chi connectivity index (χ3v) is 13.2. The van der Waals surface area contributed by atoms with E-state index in [0.29, 0.717) is 12.8 Å². The molecule has 11 heteroatoms. The van der Waals surface area contributed by atoms with Crippen molar-refractivity contribution in [1.82, 2.24) is 0 Å². The van der Waals surface area contributed by atoms with Crippen molar-refractivity contribution in [3.05, 3.63) is 48.6 Å². The highest BCUT2D eigenvalue weighted by molar-refractivity contribution is 5.73. The van der Waals surface area contributed by atoms with E-state index in [2.05, 4.69) is 62.5 Å². The summed E-state index contributed by atoms with van der Waals surface area (Å²) < 4.78 is 21.9. The molecule has 0 aromatic rings. The molecule has 1 fully saturated rings. The Kier molecular flexibility index (Phi) is 45.1. The van der Waals surface area contributed by atoms with Crippen molar-refractivity contribution in [2.45, 2.75) is 295 Å². The predicted octanol–water partition coefficient (Wildman–Crippen LogP) is 14.4. The molecule has 0 aliphatic carbocycles. The number of unbranched alkanes of at least 4 members (excludes halogenated alkanes) is 30. The molecule has 0 bridgehead atoms. The third-order valence-electron chi connectivity index (χ3n) is 13.2. The first kappa shape index (κ1) is 65.2. The summed E-state index contributed by atoms with van der Waals surface area (Å²) in [6, 6.07) is 0. The normalized spacial score (nSPS) is 19.0. The van der Waals surface area contributed by atoms with E-state index in [0.717, 1.165) is 70.6 Å². The quantitative estimate of drug-likeness (QED) is 0.0260. The molecule has 70 heavy (non-hydrogen) atoms. The molecule has 6 unspecified atom stereocenters. The van der Waals surface area contributed by atoms with Gasteiger partial charge in [0.05, 0.1) is 6.61 Å². The lowest BCUT2D eigenvalue weighted by Crippen LogP contribution is -2.60. The van der Waals surface area contributed by atoms with E-state index >= 15 is 0 Å². The topological polar surface area (TPSA) is 169 Å². The summed E-state index contributed by atoms with van der Waals surface area (Å²) in [5.41, 5.74) is 0. The number of carbonyl (C=O) groups excluding carboxylic acids is 2. The first-order chi connectivity index (χ1) is 34.2. The Balaban J connectivity index is 2.24. The first-order valence-corrected chi connectivity index (χ1v) is 28.7. The molecule has 0 saturated carbocycles. The molecule has 0 spiro atoms. The second kappa shape index (κ2) is 48.4. The molecule has 1 aliphatic rings. The van der Waals surface area contributed by atoms with Crippen molar-refractivity contribution in [2.24, 2.45) is 0 Å². The summed E-state index contributed by atoms with van der Waals surface area (Å²) in [6.07, 6.45) is 51.6. The van der Waals surface area contributed by atoms with Gasteiger partial charge in [0.1, 0.15) is 24.9 Å². The monoisotopic (exact) mass is 989 g/mol. The maximum atomic E-state index is 12.9. The van der Waals surface area contributed by atoms with Gasteiger partial charge in [0, 0.05) is 12.8 Å². The summed E-state index contributed by atoms with van der Waals surface area (Å²) in [5, 5.41) is 40.1. The van der Waals surface area contributed by atoms with Crippen LogP contribution in [-0.2, 0) is 33.3 Å². The minimum Gasteiger partial charge on any atom is -0.479 e. The lowest BCUT2D eigenvalue weighted by Gasteiger charge is -2.38. The Bertz CT molecular complexity index is 1340. The van der Waals surface area contributed by atoms with Crippen LogP contribution in [0.25, 0.3) is 0 Å². The van der Waals surface area contributed by atoms with Gasteiger partial charge in [-0.2, -0.15) is 0 Å². The average Bonchev–Trinajstić information content (AvgIpc) is 3.35. The van der Waals surface area contributed by atoms with Crippen molar-refractivity contribution in [3.63, 3.8) is 0 Å². The Labute approximate surface area is 426 Å². The van der Waals surface area contributed by atoms with Crippen molar-refractivity contribution in [1.29, 1.82) is 0 Å².